The topological polar surface area (TPSA) is 51.0 Å². The van der Waals surface area contributed by atoms with Gasteiger partial charge in [0.2, 0.25) is 11.8 Å². The zero-order chi connectivity index (χ0) is 13.0. The van der Waals surface area contributed by atoms with E-state index in [9.17, 15) is 0 Å². The molecule has 0 aliphatic carbocycles. The number of nitrogens with one attached hydrogen (secondary N) is 1. The van der Waals surface area contributed by atoms with Gasteiger partial charge < -0.3 is 9.73 Å². The van der Waals surface area contributed by atoms with Crippen LogP contribution in [0.5, 0.6) is 0 Å². The quantitative estimate of drug-likeness (QED) is 0.834. The van der Waals surface area contributed by atoms with Gasteiger partial charge in [0, 0.05) is 9.13 Å². The lowest BCUT2D eigenvalue weighted by Crippen LogP contribution is -2.20. The third-order valence-electron chi connectivity index (χ3n) is 2.67. The lowest BCUT2D eigenvalue weighted by Gasteiger charge is -2.09. The van der Waals surface area contributed by atoms with Crippen LogP contribution in [0.4, 0.5) is 0 Å². The zero-order valence-electron chi connectivity index (χ0n) is 10.5. The number of nitrogens with zero attached hydrogens (tertiary/aromatic N) is 2. The molecular weight excluding hydrogens is 341 g/mol. The molecule has 0 fully saturated rings. The van der Waals surface area contributed by atoms with E-state index >= 15 is 0 Å². The Morgan fingerprint density at radius 1 is 1.33 bits per heavy atom. The van der Waals surface area contributed by atoms with E-state index in [0.717, 1.165) is 22.1 Å². The normalized spacial score (nSPS) is 12.6. The Hall–Kier alpha value is -0.950. The molecule has 1 aromatic carbocycles. The molecule has 1 N–H and O–H groups in total. The molecule has 5 heteroatoms. The van der Waals surface area contributed by atoms with E-state index < -0.39 is 0 Å². The molecule has 0 aliphatic heterocycles. The van der Waals surface area contributed by atoms with Crippen molar-refractivity contribution in [1.29, 1.82) is 0 Å². The van der Waals surface area contributed by atoms with Gasteiger partial charge in [-0.2, -0.15) is 0 Å². The van der Waals surface area contributed by atoms with Gasteiger partial charge in [0.25, 0.3) is 0 Å². The Labute approximate surface area is 120 Å². The van der Waals surface area contributed by atoms with Crippen LogP contribution >= 0.6 is 22.6 Å². The number of rotatable bonds is 5. The van der Waals surface area contributed by atoms with Gasteiger partial charge in [-0.25, -0.2) is 0 Å². The van der Waals surface area contributed by atoms with Crippen molar-refractivity contribution in [2.45, 2.75) is 26.3 Å². The van der Waals surface area contributed by atoms with Crippen molar-refractivity contribution in [3.05, 3.63) is 33.7 Å². The number of aromatic nitrogens is 2. The highest BCUT2D eigenvalue weighted by atomic mass is 127. The third kappa shape index (κ3) is 3.08. The minimum absolute atomic E-state index is 0.138. The number of halogens is 1. The minimum Gasteiger partial charge on any atom is -0.419 e. The van der Waals surface area contributed by atoms with Crippen molar-refractivity contribution in [3.63, 3.8) is 0 Å². The molecule has 0 amide bonds. The summed E-state index contributed by atoms with van der Waals surface area (Å²) < 4.78 is 6.90. The monoisotopic (exact) mass is 357 g/mol. The largest absolute Gasteiger partial charge is 0.419 e. The Bertz CT molecular complexity index is 512. The SMILES string of the molecule is CCNC(CC)c1nnc(-c2cccc(I)c2)o1. The highest BCUT2D eigenvalue weighted by Gasteiger charge is 2.16. The van der Waals surface area contributed by atoms with E-state index in [-0.39, 0.29) is 6.04 Å². The molecule has 0 saturated carbocycles. The van der Waals surface area contributed by atoms with Crippen LogP contribution in [-0.4, -0.2) is 16.7 Å². The van der Waals surface area contributed by atoms with Gasteiger partial charge in [0.05, 0.1) is 6.04 Å². The first-order valence-electron chi connectivity index (χ1n) is 6.07. The molecule has 1 aromatic heterocycles. The van der Waals surface area contributed by atoms with Crippen LogP contribution < -0.4 is 5.32 Å². The average molecular weight is 357 g/mol. The summed E-state index contributed by atoms with van der Waals surface area (Å²) in [6.45, 7) is 5.06. The van der Waals surface area contributed by atoms with Crippen LogP contribution in [0.25, 0.3) is 11.5 Å². The second-order valence-corrected chi connectivity index (χ2v) is 5.22. The van der Waals surface area contributed by atoms with Crippen LogP contribution in [-0.2, 0) is 0 Å². The fourth-order valence-corrected chi connectivity index (χ4v) is 2.31. The first-order valence-corrected chi connectivity index (χ1v) is 7.15. The summed E-state index contributed by atoms with van der Waals surface area (Å²) in [5, 5.41) is 11.6. The third-order valence-corrected chi connectivity index (χ3v) is 3.34. The van der Waals surface area contributed by atoms with Crippen LogP contribution in [0.15, 0.2) is 28.7 Å². The predicted molar refractivity (Wildman–Crippen MR) is 79.2 cm³/mol. The summed E-state index contributed by atoms with van der Waals surface area (Å²) in [6.07, 6.45) is 0.932. The predicted octanol–water partition coefficient (Wildman–Crippen LogP) is 3.40. The molecule has 18 heavy (non-hydrogen) atoms. The van der Waals surface area contributed by atoms with Crippen molar-refractivity contribution >= 4 is 22.6 Å². The van der Waals surface area contributed by atoms with Crippen LogP contribution in [0, 0.1) is 3.57 Å². The van der Waals surface area contributed by atoms with Crippen molar-refractivity contribution in [3.8, 4) is 11.5 Å². The Morgan fingerprint density at radius 3 is 2.83 bits per heavy atom. The smallest absolute Gasteiger partial charge is 0.247 e. The van der Waals surface area contributed by atoms with E-state index in [1.165, 1.54) is 0 Å². The molecular formula is C13H16IN3O. The molecule has 4 nitrogen and oxygen atoms in total. The maximum absolute atomic E-state index is 5.74. The van der Waals surface area contributed by atoms with Gasteiger partial charge in [0.1, 0.15) is 0 Å². The fourth-order valence-electron chi connectivity index (χ4n) is 1.77. The van der Waals surface area contributed by atoms with E-state index in [1.54, 1.807) is 0 Å². The molecule has 0 radical (unpaired) electrons. The Balaban J connectivity index is 2.24. The molecule has 2 rings (SSSR count). The zero-order valence-corrected chi connectivity index (χ0v) is 12.6. The van der Waals surface area contributed by atoms with Crippen LogP contribution in [0.2, 0.25) is 0 Å². The summed E-state index contributed by atoms with van der Waals surface area (Å²) >= 11 is 2.27. The fraction of sp³-hybridized carbons (Fsp3) is 0.385. The molecule has 1 unspecified atom stereocenters. The molecule has 2 aromatic rings. The molecule has 96 valence electrons. The minimum atomic E-state index is 0.138. The summed E-state index contributed by atoms with van der Waals surface area (Å²) in [4.78, 5) is 0. The molecule has 1 heterocycles. The molecule has 0 spiro atoms. The second-order valence-electron chi connectivity index (χ2n) is 3.97. The van der Waals surface area contributed by atoms with Gasteiger partial charge in [-0.05, 0) is 53.8 Å². The highest BCUT2D eigenvalue weighted by Crippen LogP contribution is 2.23. The lowest BCUT2D eigenvalue weighted by atomic mass is 10.2. The van der Waals surface area contributed by atoms with Gasteiger partial charge in [-0.15, -0.1) is 10.2 Å². The second kappa shape index (κ2) is 6.29. The van der Waals surface area contributed by atoms with E-state index in [1.807, 2.05) is 24.3 Å². The van der Waals surface area contributed by atoms with Crippen LogP contribution in [0.3, 0.4) is 0 Å². The maximum atomic E-state index is 5.74. The number of hydrogen-bond donors (Lipinski definition) is 1. The van der Waals surface area contributed by atoms with Crippen molar-refractivity contribution in [2.24, 2.45) is 0 Å². The number of benzene rings is 1. The Kier molecular flexibility index (Phi) is 4.71. The van der Waals surface area contributed by atoms with Crippen molar-refractivity contribution in [1.82, 2.24) is 15.5 Å². The van der Waals surface area contributed by atoms with Gasteiger partial charge >= 0.3 is 0 Å². The Morgan fingerprint density at radius 2 is 2.17 bits per heavy atom. The van der Waals surface area contributed by atoms with Crippen LogP contribution in [0.1, 0.15) is 32.2 Å². The summed E-state index contributed by atoms with van der Waals surface area (Å²) in [7, 11) is 0. The lowest BCUT2D eigenvalue weighted by molar-refractivity contribution is 0.402. The summed E-state index contributed by atoms with van der Waals surface area (Å²) in [6, 6.07) is 8.18. The first kappa shape index (κ1) is 13.5. The molecule has 0 aliphatic rings. The van der Waals surface area contributed by atoms with Gasteiger partial charge in [-0.1, -0.05) is 19.9 Å². The average Bonchev–Trinajstić information content (AvgIpc) is 2.85. The molecule has 1 atom stereocenters. The molecule has 0 bridgehead atoms. The van der Waals surface area contributed by atoms with E-state index in [0.29, 0.717) is 11.8 Å². The van der Waals surface area contributed by atoms with Gasteiger partial charge in [0.15, 0.2) is 0 Å². The first-order chi connectivity index (χ1) is 8.74. The van der Waals surface area contributed by atoms with Crippen molar-refractivity contribution in [2.75, 3.05) is 6.54 Å². The standard InChI is InChI=1S/C13H16IN3O/c1-3-11(15-4-2)13-17-16-12(18-13)9-6-5-7-10(14)8-9/h5-8,11,15H,3-4H2,1-2H3. The van der Waals surface area contributed by atoms with E-state index in [2.05, 4.69) is 52.0 Å². The van der Waals surface area contributed by atoms with Crippen molar-refractivity contribution < 1.29 is 4.42 Å². The maximum Gasteiger partial charge on any atom is 0.247 e. The summed E-state index contributed by atoms with van der Waals surface area (Å²) in [5.74, 6) is 1.24. The molecule has 0 saturated heterocycles. The van der Waals surface area contributed by atoms with Gasteiger partial charge in [-0.3, -0.25) is 0 Å². The highest BCUT2D eigenvalue weighted by molar-refractivity contribution is 14.1. The number of hydrogen-bond acceptors (Lipinski definition) is 4. The van der Waals surface area contributed by atoms with E-state index in [4.69, 9.17) is 4.42 Å². The summed E-state index contributed by atoms with van der Waals surface area (Å²) in [5.41, 5.74) is 0.965.